The standard InChI is InChI=1S/C25H29N3O4S/c1-16-6-8-17(9-7-16)23-25(33-15-22(29)26-14-19-5-4-12-32-19)28-24(27-23)18-10-11-20(30-2)21(13-18)31-3/h6-11,13,19H,4-5,12,14-15H2,1-3H3,(H,26,29)(H,27,28)/t19-/m1/s1. The van der Waals surface area contributed by atoms with Gasteiger partial charge < -0.3 is 24.5 Å². The average Bonchev–Trinajstić information content (AvgIpc) is 3.51. The zero-order valence-electron chi connectivity index (χ0n) is 19.1. The lowest BCUT2D eigenvalue weighted by atomic mass is 10.1. The number of imidazole rings is 1. The van der Waals surface area contributed by atoms with Crippen molar-refractivity contribution in [1.82, 2.24) is 15.3 Å². The van der Waals surface area contributed by atoms with Crippen LogP contribution < -0.4 is 14.8 Å². The molecule has 0 bridgehead atoms. The predicted octanol–water partition coefficient (Wildman–Crippen LogP) is 4.46. The van der Waals surface area contributed by atoms with Crippen LogP contribution >= 0.6 is 11.8 Å². The Balaban J connectivity index is 1.56. The number of benzene rings is 2. The van der Waals surface area contributed by atoms with Crippen molar-refractivity contribution in [2.24, 2.45) is 0 Å². The van der Waals surface area contributed by atoms with E-state index in [1.165, 1.54) is 17.3 Å². The smallest absolute Gasteiger partial charge is 0.230 e. The van der Waals surface area contributed by atoms with Crippen LogP contribution in [0, 0.1) is 6.92 Å². The first-order valence-corrected chi connectivity index (χ1v) is 12.0. The highest BCUT2D eigenvalue weighted by atomic mass is 32.2. The number of nitrogens with one attached hydrogen (secondary N) is 2. The van der Waals surface area contributed by atoms with Gasteiger partial charge in [0.15, 0.2) is 11.5 Å². The van der Waals surface area contributed by atoms with Gasteiger partial charge in [-0.1, -0.05) is 41.6 Å². The summed E-state index contributed by atoms with van der Waals surface area (Å²) in [5.41, 5.74) is 3.95. The number of aryl methyl sites for hydroxylation is 1. The minimum absolute atomic E-state index is 0.0268. The highest BCUT2D eigenvalue weighted by molar-refractivity contribution is 8.00. The Kier molecular flexibility index (Phi) is 7.57. The predicted molar refractivity (Wildman–Crippen MR) is 130 cm³/mol. The number of rotatable bonds is 9. The van der Waals surface area contributed by atoms with Gasteiger partial charge in [-0.2, -0.15) is 0 Å². The Bertz CT molecular complexity index is 1090. The molecule has 1 amide bonds. The Morgan fingerprint density at radius 1 is 1.15 bits per heavy atom. The maximum Gasteiger partial charge on any atom is 0.230 e. The molecule has 1 atom stereocenters. The molecule has 4 rings (SSSR count). The molecule has 0 aliphatic carbocycles. The first-order valence-electron chi connectivity index (χ1n) is 11.0. The molecule has 8 heteroatoms. The minimum atomic E-state index is -0.0268. The Hall–Kier alpha value is -2.97. The van der Waals surface area contributed by atoms with Crippen molar-refractivity contribution in [3.05, 3.63) is 48.0 Å². The fourth-order valence-corrected chi connectivity index (χ4v) is 4.55. The summed E-state index contributed by atoms with van der Waals surface area (Å²) in [6.07, 6.45) is 2.18. The Morgan fingerprint density at radius 2 is 1.91 bits per heavy atom. The van der Waals surface area contributed by atoms with Crippen LogP contribution in [0.3, 0.4) is 0 Å². The molecule has 174 valence electrons. The number of hydrogen-bond acceptors (Lipinski definition) is 6. The van der Waals surface area contributed by atoms with E-state index in [1.807, 2.05) is 18.2 Å². The van der Waals surface area contributed by atoms with Crippen molar-refractivity contribution in [2.45, 2.75) is 30.9 Å². The lowest BCUT2D eigenvalue weighted by Gasteiger charge is -2.10. The Labute approximate surface area is 198 Å². The molecule has 7 nitrogen and oxygen atoms in total. The highest BCUT2D eigenvalue weighted by Gasteiger charge is 2.19. The molecule has 3 aromatic rings. The summed E-state index contributed by atoms with van der Waals surface area (Å²) in [5, 5.41) is 3.75. The van der Waals surface area contributed by atoms with Crippen molar-refractivity contribution in [3.63, 3.8) is 0 Å². The third kappa shape index (κ3) is 5.69. The fourth-order valence-electron chi connectivity index (χ4n) is 3.72. The van der Waals surface area contributed by atoms with Gasteiger partial charge in [0.05, 0.1) is 31.8 Å². The van der Waals surface area contributed by atoms with Gasteiger partial charge in [0, 0.05) is 24.3 Å². The van der Waals surface area contributed by atoms with Gasteiger partial charge in [-0.3, -0.25) is 4.79 Å². The maximum atomic E-state index is 12.4. The van der Waals surface area contributed by atoms with Crippen LogP contribution in [0.25, 0.3) is 22.6 Å². The molecular formula is C25H29N3O4S. The molecule has 0 spiro atoms. The molecule has 2 N–H and O–H groups in total. The zero-order valence-corrected chi connectivity index (χ0v) is 20.0. The number of hydrogen-bond donors (Lipinski definition) is 2. The monoisotopic (exact) mass is 467 g/mol. The van der Waals surface area contributed by atoms with Gasteiger partial charge in [0.25, 0.3) is 0 Å². The molecule has 1 aromatic heterocycles. The van der Waals surface area contributed by atoms with E-state index < -0.39 is 0 Å². The number of aromatic nitrogens is 2. The van der Waals surface area contributed by atoms with Crippen molar-refractivity contribution in [3.8, 4) is 34.1 Å². The van der Waals surface area contributed by atoms with E-state index in [4.69, 9.17) is 19.2 Å². The minimum Gasteiger partial charge on any atom is -0.493 e. The van der Waals surface area contributed by atoms with Gasteiger partial charge >= 0.3 is 0 Å². The lowest BCUT2D eigenvalue weighted by Crippen LogP contribution is -2.32. The average molecular weight is 468 g/mol. The summed E-state index contributed by atoms with van der Waals surface area (Å²) < 4.78 is 16.4. The summed E-state index contributed by atoms with van der Waals surface area (Å²) in [7, 11) is 3.22. The normalized spacial score (nSPS) is 15.4. The summed E-state index contributed by atoms with van der Waals surface area (Å²) in [6, 6.07) is 13.9. The molecule has 1 fully saturated rings. The van der Waals surface area contributed by atoms with E-state index in [2.05, 4.69) is 41.5 Å². The van der Waals surface area contributed by atoms with Gasteiger partial charge in [0.2, 0.25) is 5.91 Å². The van der Waals surface area contributed by atoms with Crippen molar-refractivity contribution in [2.75, 3.05) is 33.1 Å². The molecule has 0 unspecified atom stereocenters. The maximum absolute atomic E-state index is 12.4. The molecule has 0 saturated carbocycles. The second kappa shape index (κ2) is 10.8. The summed E-state index contributed by atoms with van der Waals surface area (Å²) in [5.74, 6) is 2.24. The number of nitrogens with zero attached hydrogens (tertiary/aromatic N) is 1. The quantitative estimate of drug-likeness (QED) is 0.452. The van der Waals surface area contributed by atoms with Crippen LogP contribution in [0.15, 0.2) is 47.5 Å². The first kappa shape index (κ1) is 23.2. The number of ether oxygens (including phenoxy) is 3. The molecule has 2 heterocycles. The molecule has 1 aliphatic rings. The van der Waals surface area contributed by atoms with E-state index in [0.29, 0.717) is 23.9 Å². The first-order chi connectivity index (χ1) is 16.1. The number of carbonyl (C=O) groups excluding carboxylic acids is 1. The molecule has 1 saturated heterocycles. The van der Waals surface area contributed by atoms with Crippen molar-refractivity contribution < 1.29 is 19.0 Å². The van der Waals surface area contributed by atoms with E-state index in [9.17, 15) is 4.79 Å². The van der Waals surface area contributed by atoms with Crippen LogP contribution in [0.1, 0.15) is 18.4 Å². The van der Waals surface area contributed by atoms with Crippen LogP contribution in [0.5, 0.6) is 11.5 Å². The largest absolute Gasteiger partial charge is 0.493 e. The molecule has 1 aliphatic heterocycles. The second-order valence-electron chi connectivity index (χ2n) is 7.93. The van der Waals surface area contributed by atoms with E-state index >= 15 is 0 Å². The van der Waals surface area contributed by atoms with Crippen molar-refractivity contribution >= 4 is 17.7 Å². The lowest BCUT2D eigenvalue weighted by molar-refractivity contribution is -0.119. The number of aromatic amines is 1. The van der Waals surface area contributed by atoms with Crippen LogP contribution in [-0.2, 0) is 9.53 Å². The third-order valence-electron chi connectivity index (χ3n) is 5.56. The van der Waals surface area contributed by atoms with Crippen LogP contribution in [0.2, 0.25) is 0 Å². The van der Waals surface area contributed by atoms with E-state index in [-0.39, 0.29) is 17.8 Å². The van der Waals surface area contributed by atoms with E-state index in [0.717, 1.165) is 41.3 Å². The highest BCUT2D eigenvalue weighted by Crippen LogP contribution is 2.35. The molecule has 2 aromatic carbocycles. The fraction of sp³-hybridized carbons (Fsp3) is 0.360. The summed E-state index contributed by atoms with van der Waals surface area (Å²) >= 11 is 1.42. The molecule has 0 radical (unpaired) electrons. The number of thioether (sulfide) groups is 1. The number of carbonyl (C=O) groups is 1. The number of amides is 1. The zero-order chi connectivity index (χ0) is 23.2. The Morgan fingerprint density at radius 3 is 2.61 bits per heavy atom. The SMILES string of the molecule is COc1ccc(-c2nc(SCC(=O)NC[C@H]3CCCO3)c(-c3ccc(C)cc3)[nH]2)cc1OC. The molecule has 33 heavy (non-hydrogen) atoms. The van der Waals surface area contributed by atoms with Crippen molar-refractivity contribution in [1.29, 1.82) is 0 Å². The van der Waals surface area contributed by atoms with Gasteiger partial charge in [0.1, 0.15) is 10.9 Å². The van der Waals surface area contributed by atoms with Crippen LogP contribution in [0.4, 0.5) is 0 Å². The van der Waals surface area contributed by atoms with Gasteiger partial charge in [-0.05, 0) is 38.0 Å². The summed E-state index contributed by atoms with van der Waals surface area (Å²) in [6.45, 7) is 3.39. The number of H-pyrrole nitrogens is 1. The van der Waals surface area contributed by atoms with Gasteiger partial charge in [-0.25, -0.2) is 4.98 Å². The molecular weight excluding hydrogens is 438 g/mol. The van der Waals surface area contributed by atoms with Crippen LogP contribution in [-0.4, -0.2) is 55.1 Å². The van der Waals surface area contributed by atoms with Gasteiger partial charge in [-0.15, -0.1) is 0 Å². The second-order valence-corrected chi connectivity index (χ2v) is 8.89. The third-order valence-corrected chi connectivity index (χ3v) is 6.53. The number of methoxy groups -OCH3 is 2. The van der Waals surface area contributed by atoms with E-state index in [1.54, 1.807) is 14.2 Å². The topological polar surface area (TPSA) is 85.5 Å². The summed E-state index contributed by atoms with van der Waals surface area (Å²) in [4.78, 5) is 20.7.